The third kappa shape index (κ3) is 4.10. The number of nitrogens with zero attached hydrogens (tertiary/aromatic N) is 4. The predicted octanol–water partition coefficient (Wildman–Crippen LogP) is 5.62. The quantitative estimate of drug-likeness (QED) is 0.373. The minimum Gasteiger partial charge on any atom is -0.352 e. The number of hydrogen-bond acceptors (Lipinski definition) is 3. The van der Waals surface area contributed by atoms with Gasteiger partial charge in [-0.25, -0.2) is 0 Å². The van der Waals surface area contributed by atoms with Gasteiger partial charge in [-0.15, -0.1) is 0 Å². The molecule has 0 bridgehead atoms. The smallest absolute Gasteiger partial charge is 0.170 e. The van der Waals surface area contributed by atoms with Crippen LogP contribution in [-0.4, -0.2) is 24.5 Å². The molecule has 3 aromatic heterocycles. The average molecular weight is 468 g/mol. The first-order chi connectivity index (χ1) is 16.6. The van der Waals surface area contributed by atoms with Gasteiger partial charge in [0.1, 0.15) is 0 Å². The first-order valence-corrected chi connectivity index (χ1v) is 12.1. The minimum atomic E-state index is -0.0474. The monoisotopic (exact) mass is 467 g/mol. The van der Waals surface area contributed by atoms with Gasteiger partial charge < -0.3 is 14.8 Å². The largest absolute Gasteiger partial charge is 0.352 e. The molecule has 0 saturated carbocycles. The van der Waals surface area contributed by atoms with Crippen molar-refractivity contribution in [1.29, 1.82) is 0 Å². The topological polar surface area (TPSA) is 46.0 Å². The molecule has 1 saturated heterocycles. The van der Waals surface area contributed by atoms with E-state index in [9.17, 15) is 0 Å². The summed E-state index contributed by atoms with van der Waals surface area (Å²) in [5.74, 6) is 0. The second kappa shape index (κ2) is 9.39. The number of aryl methyl sites for hydroxylation is 2. The normalized spacial score (nSPS) is 17.7. The Morgan fingerprint density at radius 1 is 0.941 bits per heavy atom. The van der Waals surface area contributed by atoms with Crippen molar-refractivity contribution in [3.8, 4) is 5.69 Å². The van der Waals surface area contributed by atoms with Gasteiger partial charge in [-0.3, -0.25) is 9.97 Å². The highest BCUT2D eigenvalue weighted by Crippen LogP contribution is 2.42. The SMILES string of the molecule is CCc1ccc(-n2c(C)cc([C@H]3[C@H](c4ccccn4)NC(=S)N3Cc3ccccn3)c2C)cc1. The minimum absolute atomic E-state index is 0.000675. The van der Waals surface area contributed by atoms with E-state index in [1.165, 1.54) is 28.2 Å². The van der Waals surface area contributed by atoms with Crippen LogP contribution >= 0.6 is 12.2 Å². The maximum Gasteiger partial charge on any atom is 0.170 e. The number of aromatic nitrogens is 3. The Hall–Kier alpha value is -3.51. The average Bonchev–Trinajstić information content (AvgIpc) is 3.35. The summed E-state index contributed by atoms with van der Waals surface area (Å²) in [5.41, 5.74) is 8.15. The second-order valence-corrected chi connectivity index (χ2v) is 9.14. The van der Waals surface area contributed by atoms with Crippen molar-refractivity contribution in [2.24, 2.45) is 0 Å². The zero-order valence-corrected chi connectivity index (χ0v) is 20.6. The van der Waals surface area contributed by atoms with Gasteiger partial charge in [-0.2, -0.15) is 0 Å². The number of nitrogens with one attached hydrogen (secondary N) is 1. The molecule has 4 heterocycles. The molecule has 2 atom stereocenters. The molecule has 1 fully saturated rings. The molecule has 172 valence electrons. The molecule has 5 nitrogen and oxygen atoms in total. The summed E-state index contributed by atoms with van der Waals surface area (Å²) in [5, 5.41) is 4.28. The number of rotatable bonds is 6. The summed E-state index contributed by atoms with van der Waals surface area (Å²) in [6, 6.07) is 23.2. The molecule has 1 aromatic carbocycles. The van der Waals surface area contributed by atoms with E-state index in [2.05, 4.69) is 81.9 Å². The lowest BCUT2D eigenvalue weighted by atomic mass is 9.96. The highest BCUT2D eigenvalue weighted by Gasteiger charge is 2.41. The molecule has 4 aromatic rings. The third-order valence-electron chi connectivity index (χ3n) is 6.65. The van der Waals surface area contributed by atoms with Crippen molar-refractivity contribution >= 4 is 17.3 Å². The van der Waals surface area contributed by atoms with Crippen molar-refractivity contribution in [2.75, 3.05) is 0 Å². The molecule has 0 amide bonds. The van der Waals surface area contributed by atoms with Crippen LogP contribution in [-0.2, 0) is 13.0 Å². The zero-order chi connectivity index (χ0) is 23.7. The molecule has 5 rings (SSSR count). The summed E-state index contributed by atoms with van der Waals surface area (Å²) in [4.78, 5) is 11.5. The highest BCUT2D eigenvalue weighted by atomic mass is 32.1. The summed E-state index contributed by atoms with van der Waals surface area (Å²) in [6.45, 7) is 7.19. The van der Waals surface area contributed by atoms with Gasteiger partial charge in [0.15, 0.2) is 5.11 Å². The van der Waals surface area contributed by atoms with Crippen molar-refractivity contribution in [2.45, 2.75) is 45.8 Å². The van der Waals surface area contributed by atoms with Gasteiger partial charge in [0.2, 0.25) is 0 Å². The fourth-order valence-corrected chi connectivity index (χ4v) is 5.25. The van der Waals surface area contributed by atoms with Gasteiger partial charge in [0.05, 0.1) is 30.0 Å². The Morgan fingerprint density at radius 2 is 1.68 bits per heavy atom. The lowest BCUT2D eigenvalue weighted by molar-refractivity contribution is 0.307. The first-order valence-electron chi connectivity index (χ1n) is 11.7. The number of hydrogen-bond donors (Lipinski definition) is 1. The first kappa shape index (κ1) is 22.3. The Labute approximate surface area is 206 Å². The molecule has 34 heavy (non-hydrogen) atoms. The van der Waals surface area contributed by atoms with E-state index < -0.39 is 0 Å². The molecule has 0 radical (unpaired) electrons. The van der Waals surface area contributed by atoms with Gasteiger partial charge in [0, 0.05) is 29.5 Å². The van der Waals surface area contributed by atoms with Gasteiger partial charge in [-0.05, 0) is 86.1 Å². The standard InChI is InChI=1S/C28H29N5S/c1-4-21-11-13-23(14-12-21)33-19(2)17-24(20(33)3)27-26(25-10-6-8-16-30-25)31-28(34)32(27)18-22-9-5-7-15-29-22/h5-17,26-27H,4,18H2,1-3H3,(H,31,34)/t26-,27-/m0/s1. The molecule has 1 aliphatic rings. The van der Waals surface area contributed by atoms with Gasteiger partial charge >= 0.3 is 0 Å². The molecule has 1 N–H and O–H groups in total. The fourth-order valence-electron chi connectivity index (χ4n) is 4.95. The van der Waals surface area contributed by atoms with E-state index >= 15 is 0 Å². The zero-order valence-electron chi connectivity index (χ0n) is 19.8. The maximum atomic E-state index is 5.85. The molecule has 6 heteroatoms. The maximum absolute atomic E-state index is 5.85. The van der Waals surface area contributed by atoms with Gasteiger partial charge in [0.25, 0.3) is 0 Å². The van der Waals surface area contributed by atoms with E-state index in [4.69, 9.17) is 12.2 Å². The summed E-state index contributed by atoms with van der Waals surface area (Å²) < 4.78 is 2.34. The van der Waals surface area contributed by atoms with Crippen LogP contribution in [0.25, 0.3) is 5.69 Å². The predicted molar refractivity (Wildman–Crippen MR) is 140 cm³/mol. The third-order valence-corrected chi connectivity index (χ3v) is 7.00. The van der Waals surface area contributed by atoms with Gasteiger partial charge in [-0.1, -0.05) is 31.2 Å². The summed E-state index contributed by atoms with van der Waals surface area (Å²) in [6.07, 6.45) is 4.71. The summed E-state index contributed by atoms with van der Waals surface area (Å²) in [7, 11) is 0. The van der Waals surface area contributed by atoms with E-state index in [0.717, 1.165) is 22.9 Å². The molecule has 1 aliphatic heterocycles. The Balaban J connectivity index is 1.60. The molecular formula is C28H29N5S. The summed E-state index contributed by atoms with van der Waals surface area (Å²) >= 11 is 5.85. The van der Waals surface area contributed by atoms with Crippen molar-refractivity contribution in [3.63, 3.8) is 0 Å². The van der Waals surface area contributed by atoms with Crippen LogP contribution < -0.4 is 5.32 Å². The Bertz CT molecular complexity index is 1280. The molecule has 0 spiro atoms. The number of thiocarbonyl (C=S) groups is 1. The lowest BCUT2D eigenvalue weighted by Gasteiger charge is -2.28. The second-order valence-electron chi connectivity index (χ2n) is 8.76. The van der Waals surface area contributed by atoms with Crippen molar-refractivity contribution in [3.05, 3.63) is 113 Å². The van der Waals surface area contributed by atoms with E-state index in [1.807, 2.05) is 42.7 Å². The van der Waals surface area contributed by atoms with Crippen LogP contribution in [0, 0.1) is 13.8 Å². The highest BCUT2D eigenvalue weighted by molar-refractivity contribution is 7.80. The van der Waals surface area contributed by atoms with Crippen molar-refractivity contribution in [1.82, 2.24) is 24.8 Å². The molecule has 0 aliphatic carbocycles. The van der Waals surface area contributed by atoms with Crippen LogP contribution in [0.3, 0.4) is 0 Å². The molecular weight excluding hydrogens is 438 g/mol. The van der Waals surface area contributed by atoms with E-state index in [1.54, 1.807) is 0 Å². The molecule has 0 unspecified atom stereocenters. The van der Waals surface area contributed by atoms with Crippen molar-refractivity contribution < 1.29 is 0 Å². The lowest BCUT2D eigenvalue weighted by Crippen LogP contribution is -2.29. The van der Waals surface area contributed by atoms with E-state index in [0.29, 0.717) is 6.54 Å². The number of benzene rings is 1. The Kier molecular flexibility index (Phi) is 6.16. The number of pyridine rings is 2. The Morgan fingerprint density at radius 3 is 2.32 bits per heavy atom. The van der Waals surface area contributed by atoms with Crippen LogP contribution in [0.2, 0.25) is 0 Å². The van der Waals surface area contributed by atoms with Crippen LogP contribution in [0.15, 0.2) is 79.1 Å². The van der Waals surface area contributed by atoms with Crippen LogP contribution in [0.4, 0.5) is 0 Å². The fraction of sp³-hybridized carbons (Fsp3) is 0.250. The van der Waals surface area contributed by atoms with Crippen LogP contribution in [0.1, 0.15) is 52.9 Å². The van der Waals surface area contributed by atoms with Crippen LogP contribution in [0.5, 0.6) is 0 Å². The van der Waals surface area contributed by atoms with E-state index in [-0.39, 0.29) is 12.1 Å².